The standard InChI is InChI=1S/C20H31N5O5S/c1-14-7-9-15(10-8-14)31(29,30)24-12-3-2-5-17(19(27)23-13-18(21)26)25-20(28)16-6-4-11-22-16/h7-10,16-17,22,24H,2-6,11-13H2,1H3,(H2,21,26)(H,23,27)(H,25,28)/t16-,17-/m0/s1. The van der Waals surface area contributed by atoms with Gasteiger partial charge in [-0.3, -0.25) is 14.4 Å². The average Bonchev–Trinajstić information content (AvgIpc) is 3.26. The minimum atomic E-state index is -3.60. The van der Waals surface area contributed by atoms with Crippen LogP contribution in [0.1, 0.15) is 37.7 Å². The molecule has 3 amide bonds. The Morgan fingerprint density at radius 1 is 1.19 bits per heavy atom. The number of benzene rings is 1. The van der Waals surface area contributed by atoms with Crippen molar-refractivity contribution in [1.82, 2.24) is 20.7 Å². The van der Waals surface area contributed by atoms with E-state index in [1.54, 1.807) is 24.3 Å². The Bertz CT molecular complexity index is 866. The first-order chi connectivity index (χ1) is 14.7. The maximum atomic E-state index is 12.4. The number of nitrogens with one attached hydrogen (secondary N) is 4. The van der Waals surface area contributed by atoms with Crippen LogP contribution in [-0.2, 0) is 24.4 Å². The highest BCUT2D eigenvalue weighted by molar-refractivity contribution is 7.89. The highest BCUT2D eigenvalue weighted by Crippen LogP contribution is 2.11. The molecule has 6 N–H and O–H groups in total. The highest BCUT2D eigenvalue weighted by Gasteiger charge is 2.27. The van der Waals surface area contributed by atoms with Crippen LogP contribution in [0.5, 0.6) is 0 Å². The fourth-order valence-corrected chi connectivity index (χ4v) is 4.30. The van der Waals surface area contributed by atoms with Gasteiger partial charge in [-0.1, -0.05) is 17.7 Å². The molecule has 1 aromatic rings. The minimum Gasteiger partial charge on any atom is -0.368 e. The number of unbranched alkanes of at least 4 members (excludes halogenated alkanes) is 1. The Hall–Kier alpha value is -2.50. The first-order valence-corrected chi connectivity index (χ1v) is 11.8. The van der Waals surface area contributed by atoms with Crippen molar-refractivity contribution in [3.8, 4) is 0 Å². The minimum absolute atomic E-state index is 0.193. The summed E-state index contributed by atoms with van der Waals surface area (Å²) in [5.41, 5.74) is 6.03. The Morgan fingerprint density at radius 2 is 1.90 bits per heavy atom. The molecule has 0 bridgehead atoms. The van der Waals surface area contributed by atoms with Gasteiger partial charge in [-0.2, -0.15) is 0 Å². The molecule has 1 heterocycles. The van der Waals surface area contributed by atoms with E-state index in [1.807, 2.05) is 6.92 Å². The molecule has 31 heavy (non-hydrogen) atoms. The Balaban J connectivity index is 1.83. The number of aryl methyl sites for hydroxylation is 1. The van der Waals surface area contributed by atoms with Gasteiger partial charge in [0.1, 0.15) is 6.04 Å². The number of hydrogen-bond acceptors (Lipinski definition) is 6. The van der Waals surface area contributed by atoms with E-state index in [0.29, 0.717) is 25.7 Å². The molecule has 0 radical (unpaired) electrons. The van der Waals surface area contributed by atoms with Crippen LogP contribution in [-0.4, -0.2) is 57.9 Å². The van der Waals surface area contributed by atoms with Crippen molar-refractivity contribution in [2.24, 2.45) is 5.73 Å². The van der Waals surface area contributed by atoms with Crippen LogP contribution in [0.4, 0.5) is 0 Å². The largest absolute Gasteiger partial charge is 0.368 e. The second-order valence-electron chi connectivity index (χ2n) is 7.60. The molecule has 2 atom stereocenters. The van der Waals surface area contributed by atoms with Crippen LogP contribution >= 0.6 is 0 Å². The topological polar surface area (TPSA) is 159 Å². The van der Waals surface area contributed by atoms with Gasteiger partial charge in [0.15, 0.2) is 0 Å². The third-order valence-corrected chi connectivity index (χ3v) is 6.47. The quantitative estimate of drug-likeness (QED) is 0.263. The zero-order valence-corrected chi connectivity index (χ0v) is 18.5. The summed E-state index contributed by atoms with van der Waals surface area (Å²) in [6.07, 6.45) is 2.85. The summed E-state index contributed by atoms with van der Waals surface area (Å²) in [6.45, 7) is 2.51. The molecule has 1 aliphatic heterocycles. The van der Waals surface area contributed by atoms with Gasteiger partial charge in [-0.25, -0.2) is 13.1 Å². The molecule has 0 aromatic heterocycles. The van der Waals surface area contributed by atoms with E-state index in [2.05, 4.69) is 20.7 Å². The van der Waals surface area contributed by atoms with Crippen LogP contribution in [0.15, 0.2) is 29.2 Å². The van der Waals surface area contributed by atoms with E-state index in [4.69, 9.17) is 5.73 Å². The molecule has 0 saturated carbocycles. The lowest BCUT2D eigenvalue weighted by Gasteiger charge is -2.20. The average molecular weight is 454 g/mol. The van der Waals surface area contributed by atoms with E-state index >= 15 is 0 Å². The Morgan fingerprint density at radius 3 is 2.52 bits per heavy atom. The molecule has 1 aliphatic rings. The normalized spacial score (nSPS) is 17.1. The van der Waals surface area contributed by atoms with Gasteiger partial charge in [0.05, 0.1) is 17.5 Å². The molecule has 172 valence electrons. The maximum Gasteiger partial charge on any atom is 0.243 e. The highest BCUT2D eigenvalue weighted by atomic mass is 32.2. The number of amides is 3. The fraction of sp³-hybridized carbons (Fsp3) is 0.550. The smallest absolute Gasteiger partial charge is 0.243 e. The fourth-order valence-electron chi connectivity index (χ4n) is 3.23. The molecule has 0 aliphatic carbocycles. The zero-order valence-electron chi connectivity index (χ0n) is 17.6. The summed E-state index contributed by atoms with van der Waals surface area (Å²) in [7, 11) is -3.60. The third-order valence-electron chi connectivity index (χ3n) is 4.99. The zero-order chi connectivity index (χ0) is 22.9. The third kappa shape index (κ3) is 8.27. The number of rotatable bonds is 12. The van der Waals surface area contributed by atoms with Crippen molar-refractivity contribution in [2.45, 2.75) is 56.0 Å². The van der Waals surface area contributed by atoms with Gasteiger partial charge in [-0.05, 0) is 57.7 Å². The molecule has 0 unspecified atom stereocenters. The number of primary amides is 1. The maximum absolute atomic E-state index is 12.4. The Labute approximate surface area is 182 Å². The van der Waals surface area contributed by atoms with Crippen LogP contribution in [0.3, 0.4) is 0 Å². The monoisotopic (exact) mass is 453 g/mol. The second kappa shape index (κ2) is 11.8. The summed E-state index contributed by atoms with van der Waals surface area (Å²) in [4.78, 5) is 35.9. The summed E-state index contributed by atoms with van der Waals surface area (Å²) in [6, 6.07) is 5.38. The Kier molecular flexibility index (Phi) is 9.41. The number of hydrogen-bond donors (Lipinski definition) is 5. The molecule has 2 rings (SSSR count). The number of carbonyl (C=O) groups is 3. The SMILES string of the molecule is Cc1ccc(S(=O)(=O)NCCCC[C@H](NC(=O)[C@@H]2CCCN2)C(=O)NCC(N)=O)cc1. The predicted molar refractivity (Wildman–Crippen MR) is 115 cm³/mol. The summed E-state index contributed by atoms with van der Waals surface area (Å²) < 4.78 is 27.2. The number of nitrogens with two attached hydrogens (primary N) is 1. The molecule has 10 nitrogen and oxygen atoms in total. The van der Waals surface area contributed by atoms with Crippen molar-refractivity contribution in [3.05, 3.63) is 29.8 Å². The molecule has 1 fully saturated rings. The lowest BCUT2D eigenvalue weighted by atomic mass is 10.1. The first-order valence-electron chi connectivity index (χ1n) is 10.3. The number of carbonyl (C=O) groups excluding carboxylic acids is 3. The summed E-state index contributed by atoms with van der Waals surface area (Å²) >= 11 is 0. The van der Waals surface area contributed by atoms with Gasteiger partial charge < -0.3 is 21.7 Å². The van der Waals surface area contributed by atoms with Crippen molar-refractivity contribution in [3.63, 3.8) is 0 Å². The van der Waals surface area contributed by atoms with Gasteiger partial charge in [-0.15, -0.1) is 0 Å². The van der Waals surface area contributed by atoms with E-state index in [1.165, 1.54) is 0 Å². The second-order valence-corrected chi connectivity index (χ2v) is 9.37. The van der Waals surface area contributed by atoms with Gasteiger partial charge in [0, 0.05) is 6.54 Å². The van der Waals surface area contributed by atoms with E-state index in [9.17, 15) is 22.8 Å². The van der Waals surface area contributed by atoms with Gasteiger partial charge in [0.25, 0.3) is 0 Å². The van der Waals surface area contributed by atoms with Crippen LogP contribution < -0.4 is 26.4 Å². The van der Waals surface area contributed by atoms with Gasteiger partial charge >= 0.3 is 0 Å². The predicted octanol–water partition coefficient (Wildman–Crippen LogP) is -0.718. The summed E-state index contributed by atoms with van der Waals surface area (Å²) in [5.74, 6) is -1.44. The summed E-state index contributed by atoms with van der Waals surface area (Å²) in [5, 5.41) is 8.19. The van der Waals surface area contributed by atoms with Crippen LogP contribution in [0, 0.1) is 6.92 Å². The van der Waals surface area contributed by atoms with Crippen molar-refractivity contribution < 1.29 is 22.8 Å². The molecule has 0 spiro atoms. The molecule has 1 aromatic carbocycles. The van der Waals surface area contributed by atoms with Crippen LogP contribution in [0.2, 0.25) is 0 Å². The molecule has 11 heteroatoms. The molecular weight excluding hydrogens is 422 g/mol. The molecule has 1 saturated heterocycles. The van der Waals surface area contributed by atoms with Crippen molar-refractivity contribution in [1.29, 1.82) is 0 Å². The first kappa shape index (κ1) is 24.8. The van der Waals surface area contributed by atoms with Crippen molar-refractivity contribution >= 4 is 27.7 Å². The lowest BCUT2D eigenvalue weighted by Crippen LogP contribution is -2.52. The van der Waals surface area contributed by atoms with E-state index in [-0.39, 0.29) is 29.9 Å². The van der Waals surface area contributed by atoms with Crippen molar-refractivity contribution in [2.75, 3.05) is 19.6 Å². The van der Waals surface area contributed by atoms with Gasteiger partial charge in [0.2, 0.25) is 27.7 Å². The number of sulfonamides is 1. The lowest BCUT2D eigenvalue weighted by molar-refractivity contribution is -0.130. The van der Waals surface area contributed by atoms with E-state index in [0.717, 1.165) is 18.5 Å². The van der Waals surface area contributed by atoms with E-state index < -0.39 is 27.9 Å². The van der Waals surface area contributed by atoms with Crippen LogP contribution in [0.25, 0.3) is 0 Å². The molecular formula is C20H31N5O5S.